The van der Waals surface area contributed by atoms with Crippen LogP contribution in [0.1, 0.15) is 11.1 Å². The monoisotopic (exact) mass is 357 g/mol. The summed E-state index contributed by atoms with van der Waals surface area (Å²) in [5, 5.41) is 3.73. The van der Waals surface area contributed by atoms with Gasteiger partial charge in [-0.25, -0.2) is 4.98 Å². The number of pyridine rings is 2. The lowest BCUT2D eigenvalue weighted by Gasteiger charge is -2.11. The van der Waals surface area contributed by atoms with Gasteiger partial charge in [0.25, 0.3) is 0 Å². The van der Waals surface area contributed by atoms with Crippen LogP contribution in [-0.4, -0.2) is 14.4 Å². The van der Waals surface area contributed by atoms with E-state index in [1.807, 2.05) is 18.5 Å². The molecule has 1 aliphatic rings. The van der Waals surface area contributed by atoms with Gasteiger partial charge in [-0.3, -0.25) is 9.38 Å². The molecule has 0 radical (unpaired) electrons. The lowest BCUT2D eigenvalue weighted by atomic mass is 9.98. The maximum Gasteiger partial charge on any atom is 0.146 e. The summed E-state index contributed by atoms with van der Waals surface area (Å²) in [6, 6.07) is 24.1. The minimum atomic E-state index is 0.983. The van der Waals surface area contributed by atoms with E-state index in [1.54, 1.807) is 0 Å². The summed E-state index contributed by atoms with van der Waals surface area (Å²) in [6.07, 6.45) is 4.71. The van der Waals surface area contributed by atoms with Crippen molar-refractivity contribution in [2.45, 2.75) is 6.42 Å². The van der Waals surface area contributed by atoms with E-state index in [-0.39, 0.29) is 0 Å². The summed E-state index contributed by atoms with van der Waals surface area (Å²) < 4.78 is 2.26. The third-order valence-corrected chi connectivity index (χ3v) is 6.06. The Balaban J connectivity index is 1.74. The molecule has 0 atom stereocenters. The number of hydrogen-bond donors (Lipinski definition) is 0. The van der Waals surface area contributed by atoms with Crippen LogP contribution in [0.4, 0.5) is 0 Å². The Morgan fingerprint density at radius 1 is 0.714 bits per heavy atom. The molecule has 1 aliphatic carbocycles. The van der Waals surface area contributed by atoms with Gasteiger partial charge in [0.05, 0.1) is 22.7 Å². The molecule has 0 bridgehead atoms. The van der Waals surface area contributed by atoms with Gasteiger partial charge in [-0.1, -0.05) is 42.5 Å². The molecular formula is C25H15N3. The average Bonchev–Trinajstić information content (AvgIpc) is 3.31. The van der Waals surface area contributed by atoms with Gasteiger partial charge in [-0.15, -0.1) is 0 Å². The topological polar surface area (TPSA) is 30.2 Å². The van der Waals surface area contributed by atoms with Gasteiger partial charge in [-0.2, -0.15) is 0 Å². The van der Waals surface area contributed by atoms with Crippen LogP contribution in [0, 0.1) is 0 Å². The molecule has 0 amide bonds. The molecule has 3 aromatic carbocycles. The van der Waals surface area contributed by atoms with Crippen molar-refractivity contribution in [1.29, 1.82) is 0 Å². The quantitative estimate of drug-likeness (QED) is 0.323. The molecular weight excluding hydrogens is 342 g/mol. The first-order valence-electron chi connectivity index (χ1n) is 9.56. The molecule has 3 aromatic heterocycles. The van der Waals surface area contributed by atoms with Gasteiger partial charge in [0, 0.05) is 17.0 Å². The maximum atomic E-state index is 4.99. The van der Waals surface area contributed by atoms with E-state index in [0.29, 0.717) is 0 Å². The zero-order valence-corrected chi connectivity index (χ0v) is 15.1. The highest BCUT2D eigenvalue weighted by Gasteiger charge is 2.21. The number of nitrogens with zero attached hydrogens (tertiary/aromatic N) is 3. The number of imidazole rings is 1. The molecule has 3 nitrogen and oxygen atoms in total. The molecule has 28 heavy (non-hydrogen) atoms. The van der Waals surface area contributed by atoms with Crippen LogP contribution in [-0.2, 0) is 6.42 Å². The van der Waals surface area contributed by atoms with Gasteiger partial charge in [0.2, 0.25) is 0 Å². The lowest BCUT2D eigenvalue weighted by Crippen LogP contribution is -1.93. The van der Waals surface area contributed by atoms with Crippen LogP contribution < -0.4 is 0 Å². The van der Waals surface area contributed by atoms with Crippen molar-refractivity contribution in [2.24, 2.45) is 0 Å². The molecule has 0 N–H and O–H groups in total. The van der Waals surface area contributed by atoms with Crippen molar-refractivity contribution in [1.82, 2.24) is 14.4 Å². The molecule has 0 fully saturated rings. The Hall–Kier alpha value is -3.72. The Labute approximate surface area is 160 Å². The second kappa shape index (κ2) is 4.96. The van der Waals surface area contributed by atoms with Crippen molar-refractivity contribution in [3.05, 3.63) is 90.3 Å². The van der Waals surface area contributed by atoms with Crippen LogP contribution in [0.15, 0.2) is 79.1 Å². The van der Waals surface area contributed by atoms with Crippen molar-refractivity contribution in [3.8, 4) is 11.1 Å². The molecule has 7 rings (SSSR count). The summed E-state index contributed by atoms with van der Waals surface area (Å²) in [6.45, 7) is 0. The third-order valence-electron chi connectivity index (χ3n) is 6.06. The number of benzene rings is 3. The van der Waals surface area contributed by atoms with E-state index in [0.717, 1.165) is 23.1 Å². The first kappa shape index (κ1) is 14.4. The minimum absolute atomic E-state index is 0.983. The summed E-state index contributed by atoms with van der Waals surface area (Å²) in [5.74, 6) is 0. The summed E-state index contributed by atoms with van der Waals surface area (Å²) in [5.41, 5.74) is 9.73. The second-order valence-corrected chi connectivity index (χ2v) is 7.54. The molecule has 0 saturated heterocycles. The molecule has 0 unspecified atom stereocenters. The first-order valence-corrected chi connectivity index (χ1v) is 9.56. The normalized spacial score (nSPS) is 12.9. The third kappa shape index (κ3) is 1.69. The number of para-hydroxylation sites is 1. The van der Waals surface area contributed by atoms with Crippen LogP contribution in [0.5, 0.6) is 0 Å². The van der Waals surface area contributed by atoms with E-state index < -0.39 is 0 Å². The minimum Gasteiger partial charge on any atom is -0.290 e. The standard InChI is InChI=1S/C25H15N3/c1-2-6-17-15(5-1)11-16-12-21-20(13-19(16)17)18-7-3-4-8-23(18)28-24-14-26-10-9-22(24)27-25(21)28/h1-10,12-14H,11H2. The summed E-state index contributed by atoms with van der Waals surface area (Å²) in [7, 11) is 0. The fourth-order valence-electron chi connectivity index (χ4n) is 4.84. The molecule has 6 aromatic rings. The fraction of sp³-hybridized carbons (Fsp3) is 0.0400. The lowest BCUT2D eigenvalue weighted by molar-refractivity contribution is 1.26. The predicted octanol–water partition coefficient (Wildman–Crippen LogP) is 5.76. The molecule has 0 spiro atoms. The van der Waals surface area contributed by atoms with Crippen molar-refractivity contribution in [3.63, 3.8) is 0 Å². The Bertz CT molecular complexity index is 1590. The van der Waals surface area contributed by atoms with Crippen LogP contribution in [0.3, 0.4) is 0 Å². The van der Waals surface area contributed by atoms with Crippen molar-refractivity contribution in [2.75, 3.05) is 0 Å². The fourth-order valence-corrected chi connectivity index (χ4v) is 4.84. The van der Waals surface area contributed by atoms with E-state index in [9.17, 15) is 0 Å². The smallest absolute Gasteiger partial charge is 0.146 e. The zero-order valence-electron chi connectivity index (χ0n) is 15.1. The zero-order chi connectivity index (χ0) is 18.2. The van der Waals surface area contributed by atoms with Gasteiger partial charge in [0.1, 0.15) is 5.65 Å². The highest BCUT2D eigenvalue weighted by molar-refractivity contribution is 6.15. The van der Waals surface area contributed by atoms with E-state index in [4.69, 9.17) is 4.98 Å². The van der Waals surface area contributed by atoms with Gasteiger partial charge >= 0.3 is 0 Å². The number of rotatable bonds is 0. The Morgan fingerprint density at radius 2 is 1.61 bits per heavy atom. The first-order chi connectivity index (χ1) is 13.9. The van der Waals surface area contributed by atoms with E-state index >= 15 is 0 Å². The second-order valence-electron chi connectivity index (χ2n) is 7.54. The SMILES string of the molecule is c1ccc2c(c1)Cc1cc3c(cc1-2)c1ccccc1n1c2cnccc2nc31. The highest BCUT2D eigenvalue weighted by atomic mass is 15.0. The van der Waals surface area contributed by atoms with Gasteiger partial charge in [-0.05, 0) is 58.3 Å². The molecule has 0 saturated carbocycles. The molecule has 3 heteroatoms. The maximum absolute atomic E-state index is 4.99. The number of hydrogen-bond acceptors (Lipinski definition) is 2. The van der Waals surface area contributed by atoms with Gasteiger partial charge in [0.15, 0.2) is 0 Å². The Morgan fingerprint density at radius 3 is 2.61 bits per heavy atom. The molecule has 3 heterocycles. The van der Waals surface area contributed by atoms with Crippen molar-refractivity contribution >= 4 is 38.4 Å². The summed E-state index contributed by atoms with van der Waals surface area (Å²) in [4.78, 5) is 9.34. The van der Waals surface area contributed by atoms with E-state index in [1.165, 1.54) is 43.9 Å². The van der Waals surface area contributed by atoms with Gasteiger partial charge < -0.3 is 0 Å². The molecule has 130 valence electrons. The van der Waals surface area contributed by atoms with E-state index in [2.05, 4.69) is 70.0 Å². The Kier molecular flexibility index (Phi) is 2.54. The average molecular weight is 357 g/mol. The van der Waals surface area contributed by atoms with Crippen LogP contribution >= 0.6 is 0 Å². The van der Waals surface area contributed by atoms with Crippen LogP contribution in [0.25, 0.3) is 49.5 Å². The number of aromatic nitrogens is 3. The highest BCUT2D eigenvalue weighted by Crippen LogP contribution is 2.41. The largest absolute Gasteiger partial charge is 0.290 e. The predicted molar refractivity (Wildman–Crippen MR) is 114 cm³/mol. The van der Waals surface area contributed by atoms with Crippen LogP contribution in [0.2, 0.25) is 0 Å². The van der Waals surface area contributed by atoms with Crippen molar-refractivity contribution < 1.29 is 0 Å². The molecule has 0 aliphatic heterocycles. The summed E-state index contributed by atoms with van der Waals surface area (Å²) >= 11 is 0. The number of fused-ring (bicyclic) bond motifs is 11.